The molecule has 84 valence electrons. The van der Waals surface area contributed by atoms with Gasteiger partial charge in [0.25, 0.3) is 0 Å². The molecule has 4 nitrogen and oxygen atoms in total. The molecule has 2 unspecified atom stereocenters. The van der Waals surface area contributed by atoms with E-state index in [1.165, 1.54) is 6.42 Å². The highest BCUT2D eigenvalue weighted by molar-refractivity contribution is 5.80. The molecule has 1 fully saturated rings. The van der Waals surface area contributed by atoms with Crippen molar-refractivity contribution in [2.75, 3.05) is 19.6 Å². The van der Waals surface area contributed by atoms with Crippen LogP contribution in [0.3, 0.4) is 0 Å². The molecule has 1 aliphatic heterocycles. The maximum atomic E-state index is 11.4. The topological polar surface area (TPSA) is 56.1 Å². The van der Waals surface area contributed by atoms with E-state index >= 15 is 0 Å². The van der Waals surface area contributed by atoms with E-state index in [1.807, 2.05) is 6.07 Å². The predicted octanol–water partition coefficient (Wildman–Crippen LogP) is 0.747. The lowest BCUT2D eigenvalue weighted by atomic mass is 10.1. The summed E-state index contributed by atoms with van der Waals surface area (Å²) in [4.78, 5) is 13.7. The molecule has 1 rings (SSSR count). The summed E-state index contributed by atoms with van der Waals surface area (Å²) in [5.74, 6) is -0.693. The lowest BCUT2D eigenvalue weighted by Gasteiger charge is -2.23. The van der Waals surface area contributed by atoms with Gasteiger partial charge in [-0.3, -0.25) is 9.69 Å². The quantitative estimate of drug-likeness (QED) is 0.743. The summed E-state index contributed by atoms with van der Waals surface area (Å²) in [6, 6.07) is 2.40. The number of rotatable bonds is 4. The Labute approximate surface area is 91.2 Å². The summed E-state index contributed by atoms with van der Waals surface area (Å²) < 4.78 is 0. The number of likely N-dealkylation sites (N-methyl/N-ethyl adjacent to an activating group) is 1. The number of likely N-dealkylation sites (tertiary alicyclic amines) is 1. The summed E-state index contributed by atoms with van der Waals surface area (Å²) in [7, 11) is 0. The van der Waals surface area contributed by atoms with Gasteiger partial charge in [-0.05, 0) is 32.9 Å². The SMILES string of the molecule is CCN1CCCC1CNC(=O)C(C)C#N. The van der Waals surface area contributed by atoms with Gasteiger partial charge in [0, 0.05) is 12.6 Å². The van der Waals surface area contributed by atoms with Crippen LogP contribution in [-0.4, -0.2) is 36.5 Å². The molecule has 0 bridgehead atoms. The molecule has 0 saturated carbocycles. The summed E-state index contributed by atoms with van der Waals surface area (Å²) >= 11 is 0. The van der Waals surface area contributed by atoms with Crippen LogP contribution in [0.1, 0.15) is 26.7 Å². The van der Waals surface area contributed by atoms with Gasteiger partial charge in [0.05, 0.1) is 6.07 Å². The molecule has 1 heterocycles. The molecular formula is C11H19N3O. The Kier molecular flexibility index (Phi) is 4.57. The van der Waals surface area contributed by atoms with Crippen molar-refractivity contribution in [2.45, 2.75) is 32.7 Å². The maximum absolute atomic E-state index is 11.4. The molecule has 0 aromatic heterocycles. The molecule has 2 atom stereocenters. The van der Waals surface area contributed by atoms with Crippen LogP contribution in [0.25, 0.3) is 0 Å². The monoisotopic (exact) mass is 209 g/mol. The van der Waals surface area contributed by atoms with E-state index in [0.29, 0.717) is 12.6 Å². The number of hydrogen-bond donors (Lipinski definition) is 1. The van der Waals surface area contributed by atoms with Crippen molar-refractivity contribution in [2.24, 2.45) is 5.92 Å². The lowest BCUT2D eigenvalue weighted by Crippen LogP contribution is -2.41. The van der Waals surface area contributed by atoms with Crippen LogP contribution in [0.15, 0.2) is 0 Å². The molecule has 0 radical (unpaired) electrons. The van der Waals surface area contributed by atoms with Crippen LogP contribution in [-0.2, 0) is 4.79 Å². The minimum Gasteiger partial charge on any atom is -0.353 e. The molecule has 4 heteroatoms. The Hall–Kier alpha value is -1.08. The molecule has 1 saturated heterocycles. The first kappa shape index (κ1) is 12.0. The second-order valence-electron chi connectivity index (χ2n) is 4.02. The van der Waals surface area contributed by atoms with Crippen molar-refractivity contribution >= 4 is 5.91 Å². The van der Waals surface area contributed by atoms with Gasteiger partial charge < -0.3 is 5.32 Å². The van der Waals surface area contributed by atoms with Gasteiger partial charge in [-0.1, -0.05) is 6.92 Å². The molecule has 1 N–H and O–H groups in total. The average Bonchev–Trinajstić information content (AvgIpc) is 2.71. The van der Waals surface area contributed by atoms with Gasteiger partial charge in [-0.25, -0.2) is 0 Å². The van der Waals surface area contributed by atoms with Crippen LogP contribution in [0.4, 0.5) is 0 Å². The van der Waals surface area contributed by atoms with Crippen molar-refractivity contribution in [3.8, 4) is 6.07 Å². The molecule has 0 aliphatic carbocycles. The second kappa shape index (κ2) is 5.72. The zero-order valence-corrected chi connectivity index (χ0v) is 9.49. The molecular weight excluding hydrogens is 190 g/mol. The smallest absolute Gasteiger partial charge is 0.237 e. The largest absolute Gasteiger partial charge is 0.353 e. The molecule has 0 aromatic carbocycles. The third-order valence-corrected chi connectivity index (χ3v) is 3.00. The summed E-state index contributed by atoms with van der Waals surface area (Å²) in [6.07, 6.45) is 2.36. The third-order valence-electron chi connectivity index (χ3n) is 3.00. The fourth-order valence-corrected chi connectivity index (χ4v) is 1.97. The minimum atomic E-state index is -0.540. The van der Waals surface area contributed by atoms with Gasteiger partial charge in [0.2, 0.25) is 5.91 Å². The number of carbonyl (C=O) groups excluding carboxylic acids is 1. The molecule has 1 aliphatic rings. The van der Waals surface area contributed by atoms with E-state index in [2.05, 4.69) is 17.1 Å². The summed E-state index contributed by atoms with van der Waals surface area (Å²) in [6.45, 7) is 6.61. The second-order valence-corrected chi connectivity index (χ2v) is 4.02. The highest BCUT2D eigenvalue weighted by atomic mass is 16.1. The normalized spacial score (nSPS) is 23.4. The van der Waals surface area contributed by atoms with E-state index in [-0.39, 0.29) is 5.91 Å². The number of nitriles is 1. The number of nitrogens with one attached hydrogen (secondary N) is 1. The molecule has 1 amide bonds. The maximum Gasteiger partial charge on any atom is 0.237 e. The van der Waals surface area contributed by atoms with Crippen molar-refractivity contribution in [3.63, 3.8) is 0 Å². The van der Waals surface area contributed by atoms with E-state index < -0.39 is 5.92 Å². The van der Waals surface area contributed by atoms with Crippen LogP contribution >= 0.6 is 0 Å². The van der Waals surface area contributed by atoms with E-state index in [4.69, 9.17) is 5.26 Å². The van der Waals surface area contributed by atoms with Crippen LogP contribution in [0.2, 0.25) is 0 Å². The van der Waals surface area contributed by atoms with Gasteiger partial charge in [-0.15, -0.1) is 0 Å². The fourth-order valence-electron chi connectivity index (χ4n) is 1.97. The first-order valence-corrected chi connectivity index (χ1v) is 5.60. The Bertz CT molecular complexity index is 259. The zero-order chi connectivity index (χ0) is 11.3. The Balaban J connectivity index is 2.31. The molecule has 15 heavy (non-hydrogen) atoms. The Morgan fingerprint density at radius 1 is 1.73 bits per heavy atom. The lowest BCUT2D eigenvalue weighted by molar-refractivity contribution is -0.123. The van der Waals surface area contributed by atoms with Crippen molar-refractivity contribution in [1.29, 1.82) is 5.26 Å². The zero-order valence-electron chi connectivity index (χ0n) is 9.49. The van der Waals surface area contributed by atoms with Crippen molar-refractivity contribution < 1.29 is 4.79 Å². The van der Waals surface area contributed by atoms with Gasteiger partial charge in [-0.2, -0.15) is 5.26 Å². The number of nitrogens with zero attached hydrogens (tertiary/aromatic N) is 2. The summed E-state index contributed by atoms with van der Waals surface area (Å²) in [5.41, 5.74) is 0. The predicted molar refractivity (Wildman–Crippen MR) is 58.1 cm³/mol. The van der Waals surface area contributed by atoms with Gasteiger partial charge in [0.1, 0.15) is 5.92 Å². The van der Waals surface area contributed by atoms with Crippen LogP contribution in [0.5, 0.6) is 0 Å². The number of hydrogen-bond acceptors (Lipinski definition) is 3. The minimum absolute atomic E-state index is 0.152. The van der Waals surface area contributed by atoms with Crippen molar-refractivity contribution in [1.82, 2.24) is 10.2 Å². The fraction of sp³-hybridized carbons (Fsp3) is 0.818. The number of carbonyl (C=O) groups is 1. The number of amides is 1. The Morgan fingerprint density at radius 3 is 3.07 bits per heavy atom. The first-order valence-electron chi connectivity index (χ1n) is 5.60. The van der Waals surface area contributed by atoms with Gasteiger partial charge >= 0.3 is 0 Å². The highest BCUT2D eigenvalue weighted by Gasteiger charge is 2.23. The molecule has 0 aromatic rings. The van der Waals surface area contributed by atoms with E-state index in [0.717, 1.165) is 19.5 Å². The van der Waals surface area contributed by atoms with Crippen molar-refractivity contribution in [3.05, 3.63) is 0 Å². The standard InChI is InChI=1S/C11H19N3O/c1-3-14-6-4-5-10(14)8-13-11(15)9(2)7-12/h9-10H,3-6,8H2,1-2H3,(H,13,15). The Morgan fingerprint density at radius 2 is 2.47 bits per heavy atom. The van der Waals surface area contributed by atoms with Crippen LogP contribution < -0.4 is 5.32 Å². The average molecular weight is 209 g/mol. The van der Waals surface area contributed by atoms with Crippen LogP contribution in [0, 0.1) is 17.2 Å². The third kappa shape index (κ3) is 3.21. The first-order chi connectivity index (χ1) is 7.19. The molecule has 0 spiro atoms. The highest BCUT2D eigenvalue weighted by Crippen LogP contribution is 2.15. The van der Waals surface area contributed by atoms with E-state index in [1.54, 1.807) is 6.92 Å². The van der Waals surface area contributed by atoms with E-state index in [9.17, 15) is 4.79 Å². The van der Waals surface area contributed by atoms with Gasteiger partial charge in [0.15, 0.2) is 0 Å². The summed E-state index contributed by atoms with van der Waals surface area (Å²) in [5, 5.41) is 11.4.